The third kappa shape index (κ3) is 4.40. The average molecular weight is 414 g/mol. The summed E-state index contributed by atoms with van der Waals surface area (Å²) < 4.78 is 25.0. The van der Waals surface area contributed by atoms with Crippen LogP contribution in [0.1, 0.15) is 42.6 Å². The first-order valence-corrected chi connectivity index (χ1v) is 10.5. The Labute approximate surface area is 164 Å². The Kier molecular flexibility index (Phi) is 6.72. The molecule has 0 aliphatic carbocycles. The summed E-state index contributed by atoms with van der Waals surface area (Å²) in [5, 5.41) is 3.23. The molecule has 1 amide bonds. The van der Waals surface area contributed by atoms with E-state index in [0.29, 0.717) is 10.0 Å². The highest BCUT2D eigenvalue weighted by atomic mass is 35.5. The van der Waals surface area contributed by atoms with Gasteiger partial charge in [-0.2, -0.15) is 0 Å². The molecule has 2 aromatic rings. The zero-order chi connectivity index (χ0) is 19.5. The number of rotatable bonds is 6. The first-order valence-electron chi connectivity index (χ1n) is 8.21. The summed E-state index contributed by atoms with van der Waals surface area (Å²) in [6.45, 7) is 5.35. The van der Waals surface area contributed by atoms with Gasteiger partial charge in [0.2, 0.25) is 0 Å². The SMILES string of the molecule is CC(CNC(=O)c1ccccc1S(=O)(=O)C(C)C)c1c(Cl)cccc1Cl. The summed E-state index contributed by atoms with van der Waals surface area (Å²) in [5.41, 5.74) is 0.887. The monoisotopic (exact) mass is 413 g/mol. The summed E-state index contributed by atoms with van der Waals surface area (Å²) in [5.74, 6) is -0.575. The minimum atomic E-state index is -3.56. The molecule has 1 atom stereocenters. The van der Waals surface area contributed by atoms with Crippen molar-refractivity contribution in [1.29, 1.82) is 0 Å². The van der Waals surface area contributed by atoms with Crippen LogP contribution in [-0.4, -0.2) is 26.1 Å². The minimum absolute atomic E-state index is 0.0379. The largest absolute Gasteiger partial charge is 0.351 e. The quantitative estimate of drug-likeness (QED) is 0.745. The molecule has 2 rings (SSSR count). The summed E-state index contributed by atoms with van der Waals surface area (Å²) in [6.07, 6.45) is 0. The Hall–Kier alpha value is -1.56. The van der Waals surface area contributed by atoms with Gasteiger partial charge in [-0.3, -0.25) is 4.79 Å². The number of amides is 1. The Balaban J connectivity index is 2.22. The van der Waals surface area contributed by atoms with Gasteiger partial charge in [0.1, 0.15) is 0 Å². The Morgan fingerprint density at radius 3 is 2.15 bits per heavy atom. The molecule has 0 saturated carbocycles. The second-order valence-electron chi connectivity index (χ2n) is 6.34. The third-order valence-corrected chi connectivity index (χ3v) is 6.99. The molecular formula is C19H21Cl2NO3S. The van der Waals surface area contributed by atoms with E-state index in [1.807, 2.05) is 6.92 Å². The van der Waals surface area contributed by atoms with E-state index in [4.69, 9.17) is 23.2 Å². The van der Waals surface area contributed by atoms with Crippen LogP contribution in [0, 0.1) is 0 Å². The molecule has 4 nitrogen and oxygen atoms in total. The smallest absolute Gasteiger partial charge is 0.252 e. The summed E-state index contributed by atoms with van der Waals surface area (Å²) in [6, 6.07) is 11.5. The maximum atomic E-state index is 12.6. The molecule has 7 heteroatoms. The minimum Gasteiger partial charge on any atom is -0.351 e. The van der Waals surface area contributed by atoms with E-state index in [-0.39, 0.29) is 22.9 Å². The second kappa shape index (κ2) is 8.42. The zero-order valence-electron chi connectivity index (χ0n) is 14.8. The van der Waals surface area contributed by atoms with Crippen molar-refractivity contribution in [2.45, 2.75) is 36.8 Å². The predicted molar refractivity (Wildman–Crippen MR) is 106 cm³/mol. The van der Waals surface area contributed by atoms with Gasteiger partial charge >= 0.3 is 0 Å². The number of hydrogen-bond donors (Lipinski definition) is 1. The Morgan fingerprint density at radius 1 is 1.00 bits per heavy atom. The topological polar surface area (TPSA) is 63.2 Å². The van der Waals surface area contributed by atoms with Crippen LogP contribution in [0.25, 0.3) is 0 Å². The lowest BCUT2D eigenvalue weighted by Gasteiger charge is -2.17. The number of halogens is 2. The van der Waals surface area contributed by atoms with Gasteiger partial charge < -0.3 is 5.32 Å². The maximum absolute atomic E-state index is 12.6. The van der Waals surface area contributed by atoms with E-state index in [2.05, 4.69) is 5.32 Å². The van der Waals surface area contributed by atoms with Crippen molar-refractivity contribution in [3.63, 3.8) is 0 Å². The van der Waals surface area contributed by atoms with Crippen molar-refractivity contribution in [3.8, 4) is 0 Å². The number of benzene rings is 2. The van der Waals surface area contributed by atoms with Gasteiger partial charge in [-0.1, -0.05) is 48.3 Å². The van der Waals surface area contributed by atoms with Crippen LogP contribution in [0.2, 0.25) is 10.0 Å². The van der Waals surface area contributed by atoms with Crippen LogP contribution in [0.3, 0.4) is 0 Å². The van der Waals surface area contributed by atoms with E-state index < -0.39 is 21.0 Å². The van der Waals surface area contributed by atoms with Gasteiger partial charge in [-0.15, -0.1) is 0 Å². The highest BCUT2D eigenvalue weighted by molar-refractivity contribution is 7.92. The third-order valence-electron chi connectivity index (χ3n) is 4.12. The van der Waals surface area contributed by atoms with E-state index in [1.54, 1.807) is 44.2 Å². The fourth-order valence-corrected chi connectivity index (χ4v) is 4.59. The molecule has 0 heterocycles. The van der Waals surface area contributed by atoms with Crippen LogP contribution >= 0.6 is 23.2 Å². The van der Waals surface area contributed by atoms with Gasteiger partial charge in [0.15, 0.2) is 9.84 Å². The van der Waals surface area contributed by atoms with E-state index in [1.165, 1.54) is 12.1 Å². The molecule has 0 aromatic heterocycles. The standard InChI is InChI=1S/C19H21Cl2NO3S/c1-12(2)26(24,25)17-10-5-4-7-14(17)19(23)22-11-13(3)18-15(20)8-6-9-16(18)21/h4-10,12-13H,11H2,1-3H3,(H,22,23). The van der Waals surface area contributed by atoms with Crippen molar-refractivity contribution in [1.82, 2.24) is 5.32 Å². The highest BCUT2D eigenvalue weighted by Crippen LogP contribution is 2.31. The number of nitrogens with one attached hydrogen (secondary N) is 1. The molecule has 140 valence electrons. The second-order valence-corrected chi connectivity index (χ2v) is 9.62. The lowest BCUT2D eigenvalue weighted by Crippen LogP contribution is -2.29. The normalized spacial score (nSPS) is 12.8. The number of sulfone groups is 1. The molecule has 0 bridgehead atoms. The Bertz CT molecular complexity index is 891. The number of hydrogen-bond acceptors (Lipinski definition) is 3. The van der Waals surface area contributed by atoms with Crippen molar-refractivity contribution in [3.05, 3.63) is 63.6 Å². The lowest BCUT2D eigenvalue weighted by molar-refractivity contribution is 0.0948. The molecule has 0 spiro atoms. The highest BCUT2D eigenvalue weighted by Gasteiger charge is 2.25. The van der Waals surface area contributed by atoms with Gasteiger partial charge in [-0.05, 0) is 43.7 Å². The summed E-state index contributed by atoms with van der Waals surface area (Å²) >= 11 is 12.4. The van der Waals surface area contributed by atoms with Gasteiger partial charge in [0.05, 0.1) is 15.7 Å². The van der Waals surface area contributed by atoms with E-state index in [0.717, 1.165) is 5.56 Å². The average Bonchev–Trinajstić information content (AvgIpc) is 2.59. The first kappa shape index (κ1) is 20.7. The molecule has 0 aliphatic heterocycles. The molecule has 1 N–H and O–H groups in total. The Morgan fingerprint density at radius 2 is 1.58 bits per heavy atom. The van der Waals surface area contributed by atoms with Crippen molar-refractivity contribution >= 4 is 38.9 Å². The van der Waals surface area contributed by atoms with Crippen LogP contribution in [0.5, 0.6) is 0 Å². The van der Waals surface area contributed by atoms with Crippen LogP contribution in [0.15, 0.2) is 47.4 Å². The van der Waals surface area contributed by atoms with E-state index in [9.17, 15) is 13.2 Å². The van der Waals surface area contributed by atoms with Crippen molar-refractivity contribution < 1.29 is 13.2 Å². The molecule has 0 fully saturated rings. The first-order chi connectivity index (χ1) is 12.2. The van der Waals surface area contributed by atoms with E-state index >= 15 is 0 Å². The molecular weight excluding hydrogens is 393 g/mol. The number of carbonyl (C=O) groups is 1. The van der Waals surface area contributed by atoms with Gasteiger partial charge in [-0.25, -0.2) is 8.42 Å². The molecule has 2 aromatic carbocycles. The van der Waals surface area contributed by atoms with Gasteiger partial charge in [0, 0.05) is 22.5 Å². The molecule has 0 aliphatic rings. The number of carbonyl (C=O) groups excluding carboxylic acids is 1. The van der Waals surface area contributed by atoms with Crippen molar-refractivity contribution in [2.75, 3.05) is 6.54 Å². The fraction of sp³-hybridized carbons (Fsp3) is 0.316. The molecule has 26 heavy (non-hydrogen) atoms. The molecule has 0 saturated heterocycles. The summed E-state index contributed by atoms with van der Waals surface area (Å²) in [7, 11) is -3.56. The van der Waals surface area contributed by atoms with Crippen LogP contribution < -0.4 is 5.32 Å². The summed E-state index contributed by atoms with van der Waals surface area (Å²) in [4.78, 5) is 12.6. The van der Waals surface area contributed by atoms with Gasteiger partial charge in [0.25, 0.3) is 5.91 Å². The lowest BCUT2D eigenvalue weighted by atomic mass is 10.0. The maximum Gasteiger partial charge on any atom is 0.252 e. The van der Waals surface area contributed by atoms with Crippen LogP contribution in [-0.2, 0) is 9.84 Å². The van der Waals surface area contributed by atoms with Crippen molar-refractivity contribution in [2.24, 2.45) is 0 Å². The molecule has 1 unspecified atom stereocenters. The zero-order valence-corrected chi connectivity index (χ0v) is 17.1. The predicted octanol–water partition coefficient (Wildman–Crippen LogP) is 4.71. The molecule has 0 radical (unpaired) electrons. The fourth-order valence-electron chi connectivity index (χ4n) is 2.58. The van der Waals surface area contributed by atoms with Crippen LogP contribution in [0.4, 0.5) is 0 Å².